The molecule has 3 rings (SSSR count). The average molecular weight is 672 g/mol. The maximum absolute atomic E-state index is 13.1. The van der Waals surface area contributed by atoms with Gasteiger partial charge >= 0.3 is 6.09 Å². The molecule has 0 saturated carbocycles. The molecule has 0 aliphatic heterocycles. The highest BCUT2D eigenvalue weighted by Crippen LogP contribution is 2.28. The Kier molecular flexibility index (Phi) is 9.18. The van der Waals surface area contributed by atoms with E-state index in [1.54, 1.807) is 36.4 Å². The van der Waals surface area contributed by atoms with Crippen LogP contribution in [0.25, 0.3) is 0 Å². The fourth-order valence-corrected chi connectivity index (χ4v) is 4.95. The molecule has 2 amide bonds. The number of rotatable bonds is 8. The van der Waals surface area contributed by atoms with E-state index in [9.17, 15) is 14.7 Å². The number of hydrogen-bond acceptors (Lipinski definition) is 5. The minimum atomic E-state index is -0.922. The summed E-state index contributed by atoms with van der Waals surface area (Å²) in [6.07, 6.45) is -0.504. The van der Waals surface area contributed by atoms with Crippen molar-refractivity contribution in [3.63, 3.8) is 0 Å². The molecule has 0 heterocycles. The second kappa shape index (κ2) is 12.1. The van der Waals surface area contributed by atoms with E-state index in [2.05, 4.69) is 10.6 Å². The van der Waals surface area contributed by atoms with Crippen LogP contribution < -0.4 is 15.4 Å². The summed E-state index contributed by atoms with van der Waals surface area (Å²) in [4.78, 5) is 25.6. The molecule has 0 aliphatic carbocycles. The van der Waals surface area contributed by atoms with Crippen LogP contribution in [0.2, 0.25) is 0 Å². The molecule has 0 bridgehead atoms. The molecule has 7 nitrogen and oxygen atoms in total. The summed E-state index contributed by atoms with van der Waals surface area (Å²) in [5.74, 6) is 0.268. The number of amides is 2. The van der Waals surface area contributed by atoms with E-state index in [4.69, 9.17) is 9.47 Å². The number of hydrogen-bond donors (Lipinski definition) is 3. The van der Waals surface area contributed by atoms with Gasteiger partial charge in [0, 0.05) is 6.42 Å². The number of aromatic hydroxyl groups is 1. The highest BCUT2D eigenvalue weighted by atomic mass is 127. The van der Waals surface area contributed by atoms with Crippen molar-refractivity contribution in [2.24, 2.45) is 0 Å². The number of carbonyl (C=O) groups is 2. The van der Waals surface area contributed by atoms with E-state index in [0.29, 0.717) is 18.6 Å². The third-order valence-corrected chi connectivity index (χ3v) is 6.35. The molecule has 3 aromatic carbocycles. The standard InChI is InChI=1S/C24H22I2N2O5/c1-32-21-10-6-5-9-19(21)27-23(30)20(13-16-11-17(25)22(29)18(26)12-16)28-24(31)33-14-15-7-3-2-4-8-15/h2-12,20,29H,13-14H2,1H3,(H,27,30)(H,28,31)/t20-/m0/s1. The largest absolute Gasteiger partial charge is 0.506 e. The lowest BCUT2D eigenvalue weighted by molar-refractivity contribution is -0.118. The minimum Gasteiger partial charge on any atom is -0.506 e. The van der Waals surface area contributed by atoms with Gasteiger partial charge in [0.15, 0.2) is 0 Å². The van der Waals surface area contributed by atoms with Crippen molar-refractivity contribution in [3.05, 3.63) is 85.0 Å². The maximum Gasteiger partial charge on any atom is 0.408 e. The SMILES string of the molecule is COc1ccccc1NC(=O)[C@H](Cc1cc(I)c(O)c(I)c1)NC(=O)OCc1ccccc1. The zero-order valence-corrected chi connectivity index (χ0v) is 22.0. The van der Waals surface area contributed by atoms with Crippen LogP contribution in [0.3, 0.4) is 0 Å². The molecule has 3 N–H and O–H groups in total. The summed E-state index contributed by atoms with van der Waals surface area (Å²) in [7, 11) is 1.52. The van der Waals surface area contributed by atoms with Crippen LogP contribution in [0.5, 0.6) is 11.5 Å². The van der Waals surface area contributed by atoms with Gasteiger partial charge in [-0.25, -0.2) is 4.79 Å². The van der Waals surface area contributed by atoms with Gasteiger partial charge in [-0.15, -0.1) is 0 Å². The van der Waals surface area contributed by atoms with E-state index >= 15 is 0 Å². The van der Waals surface area contributed by atoms with Gasteiger partial charge in [-0.05, 0) is 80.6 Å². The van der Waals surface area contributed by atoms with E-state index < -0.39 is 18.0 Å². The highest BCUT2D eigenvalue weighted by Gasteiger charge is 2.24. The van der Waals surface area contributed by atoms with Crippen LogP contribution in [0.1, 0.15) is 11.1 Å². The Hall–Kier alpha value is -2.54. The van der Waals surface area contributed by atoms with Gasteiger partial charge in [-0.1, -0.05) is 42.5 Å². The van der Waals surface area contributed by atoms with Crippen molar-refractivity contribution >= 4 is 62.9 Å². The molecule has 33 heavy (non-hydrogen) atoms. The highest BCUT2D eigenvalue weighted by molar-refractivity contribution is 14.1. The lowest BCUT2D eigenvalue weighted by Crippen LogP contribution is -2.45. The van der Waals surface area contributed by atoms with Gasteiger partial charge in [-0.2, -0.15) is 0 Å². The zero-order valence-electron chi connectivity index (χ0n) is 17.7. The van der Waals surface area contributed by atoms with Gasteiger partial charge in [0.25, 0.3) is 0 Å². The second-order valence-electron chi connectivity index (χ2n) is 7.06. The Labute approximate surface area is 219 Å². The first kappa shape index (κ1) is 25.1. The third kappa shape index (κ3) is 7.22. The number of methoxy groups -OCH3 is 1. The summed E-state index contributed by atoms with van der Waals surface area (Å²) >= 11 is 4.06. The van der Waals surface area contributed by atoms with Crippen molar-refractivity contribution in [1.82, 2.24) is 5.32 Å². The fraction of sp³-hybridized carbons (Fsp3) is 0.167. The number of benzene rings is 3. The van der Waals surface area contributed by atoms with Gasteiger partial charge in [0.2, 0.25) is 5.91 Å². The monoisotopic (exact) mass is 672 g/mol. The molecule has 0 spiro atoms. The number of halogens is 2. The van der Waals surface area contributed by atoms with Gasteiger partial charge in [0.05, 0.1) is 19.9 Å². The Morgan fingerprint density at radius 3 is 2.27 bits per heavy atom. The molecule has 0 fully saturated rings. The number of carbonyl (C=O) groups excluding carboxylic acids is 2. The Morgan fingerprint density at radius 2 is 1.61 bits per heavy atom. The molecule has 0 aromatic heterocycles. The summed E-state index contributed by atoms with van der Waals surface area (Å²) in [5, 5.41) is 15.5. The van der Waals surface area contributed by atoms with E-state index in [1.165, 1.54) is 7.11 Å². The lowest BCUT2D eigenvalue weighted by atomic mass is 10.0. The van der Waals surface area contributed by atoms with Crippen molar-refractivity contribution < 1.29 is 24.2 Å². The van der Waals surface area contributed by atoms with Crippen molar-refractivity contribution in [2.45, 2.75) is 19.1 Å². The van der Waals surface area contributed by atoms with Crippen LogP contribution in [0.4, 0.5) is 10.5 Å². The normalized spacial score (nSPS) is 11.4. The smallest absolute Gasteiger partial charge is 0.408 e. The van der Waals surface area contributed by atoms with Gasteiger partial charge < -0.3 is 25.2 Å². The van der Waals surface area contributed by atoms with Crippen LogP contribution in [-0.2, 0) is 22.6 Å². The number of phenolic OH excluding ortho intramolecular Hbond substituents is 1. The molecular weight excluding hydrogens is 650 g/mol. The maximum atomic E-state index is 13.1. The first-order valence-corrected chi connectivity index (χ1v) is 12.1. The average Bonchev–Trinajstić information content (AvgIpc) is 2.81. The van der Waals surface area contributed by atoms with Crippen LogP contribution in [0.15, 0.2) is 66.7 Å². The molecule has 9 heteroatoms. The summed E-state index contributed by atoms with van der Waals surface area (Å²) in [5.41, 5.74) is 2.11. The van der Waals surface area contributed by atoms with Crippen molar-refractivity contribution in [3.8, 4) is 11.5 Å². The molecule has 0 radical (unpaired) electrons. The number of ether oxygens (including phenoxy) is 2. The Balaban J connectivity index is 1.77. The quantitative estimate of drug-likeness (QED) is 0.290. The molecule has 1 atom stereocenters. The minimum absolute atomic E-state index is 0.0858. The predicted molar refractivity (Wildman–Crippen MR) is 142 cm³/mol. The number of phenols is 1. The van der Waals surface area contributed by atoms with E-state index in [-0.39, 0.29) is 18.8 Å². The summed E-state index contributed by atoms with van der Waals surface area (Å²) in [6, 6.07) is 18.9. The molecule has 3 aromatic rings. The van der Waals surface area contributed by atoms with Crippen molar-refractivity contribution in [2.75, 3.05) is 12.4 Å². The first-order valence-electron chi connectivity index (χ1n) is 9.95. The Morgan fingerprint density at radius 1 is 0.970 bits per heavy atom. The number of nitrogens with one attached hydrogen (secondary N) is 2. The molecule has 0 unspecified atom stereocenters. The van der Waals surface area contributed by atoms with Gasteiger partial charge in [0.1, 0.15) is 24.1 Å². The van der Waals surface area contributed by atoms with Crippen LogP contribution >= 0.6 is 45.2 Å². The third-order valence-electron chi connectivity index (χ3n) is 4.70. The zero-order chi connectivity index (χ0) is 23.8. The van der Waals surface area contributed by atoms with E-state index in [1.807, 2.05) is 75.5 Å². The number of para-hydroxylation sites is 2. The lowest BCUT2D eigenvalue weighted by Gasteiger charge is -2.20. The number of alkyl carbamates (subject to hydrolysis) is 1. The molecular formula is C24H22I2N2O5. The fourth-order valence-electron chi connectivity index (χ4n) is 3.06. The summed E-state index contributed by atoms with van der Waals surface area (Å²) in [6.45, 7) is 0.0858. The van der Waals surface area contributed by atoms with Gasteiger partial charge in [-0.3, -0.25) is 4.79 Å². The van der Waals surface area contributed by atoms with Crippen molar-refractivity contribution in [1.29, 1.82) is 0 Å². The summed E-state index contributed by atoms with van der Waals surface area (Å²) < 4.78 is 11.9. The topological polar surface area (TPSA) is 96.9 Å². The van der Waals surface area contributed by atoms with Crippen LogP contribution in [-0.4, -0.2) is 30.3 Å². The molecule has 0 saturated heterocycles. The first-order chi connectivity index (χ1) is 15.9. The number of anilines is 1. The van der Waals surface area contributed by atoms with E-state index in [0.717, 1.165) is 11.1 Å². The predicted octanol–water partition coefficient (Wildman–Crippen LogP) is 5.09. The second-order valence-corrected chi connectivity index (χ2v) is 9.38. The van der Waals surface area contributed by atoms with Crippen LogP contribution in [0, 0.1) is 7.14 Å². The molecule has 172 valence electrons. The Bertz CT molecular complexity index is 1100. The molecule has 0 aliphatic rings.